The zero-order valence-corrected chi connectivity index (χ0v) is 20.5. The van der Waals surface area contributed by atoms with Crippen molar-refractivity contribution in [3.05, 3.63) is 101 Å². The highest BCUT2D eigenvalue weighted by molar-refractivity contribution is 6.06. The molecule has 9 heteroatoms. The van der Waals surface area contributed by atoms with Gasteiger partial charge in [-0.1, -0.05) is 47.6 Å². The van der Waals surface area contributed by atoms with Crippen molar-refractivity contribution >= 4 is 17.5 Å². The fraction of sp³-hybridized carbons (Fsp3) is 0.143. The molecule has 2 aromatic carbocycles. The normalized spacial score (nSPS) is 10.9. The quantitative estimate of drug-likeness (QED) is 0.296. The van der Waals surface area contributed by atoms with Crippen molar-refractivity contribution in [3.8, 4) is 22.8 Å². The van der Waals surface area contributed by atoms with Crippen molar-refractivity contribution < 1.29 is 22.9 Å². The Hall–Kier alpha value is -4.92. The maximum Gasteiger partial charge on any atom is 0.273 e. The molecule has 0 unspecified atom stereocenters. The number of anilines is 1. The lowest BCUT2D eigenvalue weighted by molar-refractivity contribution is 0.0940. The van der Waals surface area contributed by atoms with E-state index in [1.807, 2.05) is 42.5 Å². The van der Waals surface area contributed by atoms with Gasteiger partial charge in [0.1, 0.15) is 23.0 Å². The molecular formula is C28H24N4O5. The highest BCUT2D eigenvalue weighted by Gasteiger charge is 2.20. The van der Waals surface area contributed by atoms with Crippen LogP contribution in [0.15, 0.2) is 80.1 Å². The molecule has 3 aromatic heterocycles. The zero-order chi connectivity index (χ0) is 25.9. The Labute approximate surface area is 212 Å². The lowest BCUT2D eigenvalue weighted by Crippen LogP contribution is -2.23. The summed E-state index contributed by atoms with van der Waals surface area (Å²) >= 11 is 0. The van der Waals surface area contributed by atoms with E-state index in [1.54, 1.807) is 45.0 Å². The van der Waals surface area contributed by atoms with E-state index in [0.29, 0.717) is 51.4 Å². The smallest absolute Gasteiger partial charge is 0.273 e. The van der Waals surface area contributed by atoms with Crippen molar-refractivity contribution in [3.63, 3.8) is 0 Å². The number of carbonyl (C=O) groups is 2. The largest absolute Gasteiger partial charge is 0.466 e. The molecule has 3 heterocycles. The Bertz CT molecular complexity index is 1580. The third kappa shape index (κ3) is 5.06. The first-order chi connectivity index (χ1) is 17.9. The van der Waals surface area contributed by atoms with Crippen LogP contribution in [0, 0.1) is 20.8 Å². The number of carbonyl (C=O) groups excluding carboxylic acids is 2. The molecule has 0 aliphatic heterocycles. The van der Waals surface area contributed by atoms with Crippen LogP contribution in [0.2, 0.25) is 0 Å². The van der Waals surface area contributed by atoms with Crippen LogP contribution in [0.5, 0.6) is 0 Å². The van der Waals surface area contributed by atoms with Crippen LogP contribution in [-0.4, -0.2) is 22.0 Å². The molecule has 0 radical (unpaired) electrons. The summed E-state index contributed by atoms with van der Waals surface area (Å²) in [4.78, 5) is 30.0. The van der Waals surface area contributed by atoms with E-state index in [-0.39, 0.29) is 18.1 Å². The minimum absolute atomic E-state index is 0.129. The van der Waals surface area contributed by atoms with Gasteiger partial charge in [0, 0.05) is 11.6 Å². The first-order valence-corrected chi connectivity index (χ1v) is 11.6. The van der Waals surface area contributed by atoms with Gasteiger partial charge < -0.3 is 24.0 Å². The number of benzene rings is 2. The minimum atomic E-state index is -0.395. The van der Waals surface area contributed by atoms with E-state index in [1.165, 1.54) is 0 Å². The summed E-state index contributed by atoms with van der Waals surface area (Å²) in [5, 5.41) is 9.58. The number of aryl methyl sites for hydroxylation is 3. The molecule has 5 rings (SSSR count). The Balaban J connectivity index is 1.30. The summed E-state index contributed by atoms with van der Waals surface area (Å²) in [6, 6.07) is 19.9. The van der Waals surface area contributed by atoms with Crippen LogP contribution < -0.4 is 10.6 Å². The van der Waals surface area contributed by atoms with Gasteiger partial charge in [-0.15, -0.1) is 0 Å². The van der Waals surface area contributed by atoms with E-state index in [0.717, 1.165) is 5.56 Å². The van der Waals surface area contributed by atoms with Crippen molar-refractivity contribution in [1.82, 2.24) is 15.5 Å². The highest BCUT2D eigenvalue weighted by atomic mass is 16.5. The highest BCUT2D eigenvalue weighted by Crippen LogP contribution is 2.30. The Kier molecular flexibility index (Phi) is 6.42. The lowest BCUT2D eigenvalue weighted by atomic mass is 10.1. The molecule has 2 amide bonds. The molecule has 2 N–H and O–H groups in total. The summed E-state index contributed by atoms with van der Waals surface area (Å²) < 4.78 is 16.7. The number of para-hydroxylation sites is 1. The molecule has 0 aliphatic carbocycles. The second-order valence-electron chi connectivity index (χ2n) is 8.47. The van der Waals surface area contributed by atoms with Gasteiger partial charge >= 0.3 is 0 Å². The molecule has 0 spiro atoms. The number of aromatic nitrogens is 2. The number of rotatable bonds is 7. The third-order valence-corrected chi connectivity index (χ3v) is 5.80. The van der Waals surface area contributed by atoms with Crippen molar-refractivity contribution in [2.75, 3.05) is 5.32 Å². The average molecular weight is 497 g/mol. The van der Waals surface area contributed by atoms with Crippen molar-refractivity contribution in [2.45, 2.75) is 27.3 Å². The zero-order valence-electron chi connectivity index (χ0n) is 20.5. The standard InChI is InChI=1S/C28H24N4O5/c1-16-13-21(17(2)35-16)26(33)30-22-12-8-7-11-20(22)28-31-24(18(3)36-28)15-29-27(34)23-14-25(37-32-23)19-9-5-4-6-10-19/h4-14H,15H2,1-3H3,(H,29,34)(H,30,33). The Morgan fingerprint density at radius 1 is 0.865 bits per heavy atom. The fourth-order valence-electron chi connectivity index (χ4n) is 3.91. The number of hydrogen-bond donors (Lipinski definition) is 2. The van der Waals surface area contributed by atoms with Gasteiger partial charge in [0.2, 0.25) is 5.89 Å². The number of amides is 2. The molecule has 37 heavy (non-hydrogen) atoms. The second-order valence-corrected chi connectivity index (χ2v) is 8.47. The Morgan fingerprint density at radius 2 is 1.62 bits per heavy atom. The molecule has 0 aliphatic rings. The van der Waals surface area contributed by atoms with Crippen LogP contribution in [0.25, 0.3) is 22.8 Å². The van der Waals surface area contributed by atoms with Gasteiger partial charge in [-0.3, -0.25) is 9.59 Å². The molecule has 5 aromatic rings. The topological polar surface area (TPSA) is 123 Å². The first-order valence-electron chi connectivity index (χ1n) is 11.6. The van der Waals surface area contributed by atoms with Crippen LogP contribution in [0.1, 0.15) is 43.8 Å². The maximum absolute atomic E-state index is 12.8. The van der Waals surface area contributed by atoms with Crippen LogP contribution in [-0.2, 0) is 6.54 Å². The lowest BCUT2D eigenvalue weighted by Gasteiger charge is -2.08. The third-order valence-electron chi connectivity index (χ3n) is 5.80. The van der Waals surface area contributed by atoms with Crippen molar-refractivity contribution in [2.24, 2.45) is 0 Å². The SMILES string of the molecule is Cc1cc(C(=O)Nc2ccccc2-c2nc(CNC(=O)c3cc(-c4ccccc4)on3)c(C)o2)c(C)o1. The number of nitrogens with one attached hydrogen (secondary N) is 2. The van der Waals surface area contributed by atoms with E-state index < -0.39 is 5.91 Å². The van der Waals surface area contributed by atoms with Crippen LogP contribution >= 0.6 is 0 Å². The predicted molar refractivity (Wildman–Crippen MR) is 136 cm³/mol. The summed E-state index contributed by atoms with van der Waals surface area (Å²) in [7, 11) is 0. The molecule has 0 saturated carbocycles. The van der Waals surface area contributed by atoms with Gasteiger partial charge in [0.25, 0.3) is 11.8 Å². The van der Waals surface area contributed by atoms with Gasteiger partial charge in [0.05, 0.1) is 23.4 Å². The number of oxazole rings is 1. The van der Waals surface area contributed by atoms with E-state index in [4.69, 9.17) is 13.4 Å². The van der Waals surface area contributed by atoms with Gasteiger partial charge in [-0.2, -0.15) is 0 Å². The summed E-state index contributed by atoms with van der Waals surface area (Å²) in [5.41, 5.74) is 3.16. The van der Waals surface area contributed by atoms with Crippen molar-refractivity contribution in [1.29, 1.82) is 0 Å². The van der Waals surface area contributed by atoms with Gasteiger partial charge in [0.15, 0.2) is 11.5 Å². The molecule has 9 nitrogen and oxygen atoms in total. The van der Waals surface area contributed by atoms with Crippen LogP contribution in [0.3, 0.4) is 0 Å². The molecule has 0 fully saturated rings. The second kappa shape index (κ2) is 9.98. The number of nitrogens with zero attached hydrogens (tertiary/aromatic N) is 2. The van der Waals surface area contributed by atoms with E-state index >= 15 is 0 Å². The Morgan fingerprint density at radius 3 is 2.38 bits per heavy atom. The summed E-state index contributed by atoms with van der Waals surface area (Å²) in [6.07, 6.45) is 0. The number of hydrogen-bond acceptors (Lipinski definition) is 7. The summed E-state index contributed by atoms with van der Waals surface area (Å²) in [5.74, 6) is 1.89. The maximum atomic E-state index is 12.8. The monoisotopic (exact) mass is 496 g/mol. The van der Waals surface area contributed by atoms with Crippen LogP contribution in [0.4, 0.5) is 5.69 Å². The van der Waals surface area contributed by atoms with E-state index in [9.17, 15) is 9.59 Å². The summed E-state index contributed by atoms with van der Waals surface area (Å²) in [6.45, 7) is 5.43. The minimum Gasteiger partial charge on any atom is -0.466 e. The number of furan rings is 1. The fourth-order valence-corrected chi connectivity index (χ4v) is 3.91. The van der Waals surface area contributed by atoms with Gasteiger partial charge in [-0.25, -0.2) is 4.98 Å². The molecule has 0 bridgehead atoms. The predicted octanol–water partition coefficient (Wildman–Crippen LogP) is 5.70. The molecule has 0 saturated heterocycles. The first kappa shape index (κ1) is 23.8. The molecule has 186 valence electrons. The molecule has 0 atom stereocenters. The van der Waals surface area contributed by atoms with Gasteiger partial charge in [-0.05, 0) is 39.0 Å². The average Bonchev–Trinajstić information content (AvgIpc) is 3.62. The van der Waals surface area contributed by atoms with E-state index in [2.05, 4.69) is 20.8 Å². The molecular weight excluding hydrogens is 472 g/mol.